The molecule has 0 saturated heterocycles. The molecule has 1 aliphatic rings. The van der Waals surface area contributed by atoms with Crippen molar-refractivity contribution in [3.8, 4) is 6.07 Å². The first-order valence-corrected chi connectivity index (χ1v) is 7.07. The third-order valence-corrected chi connectivity index (χ3v) is 3.43. The summed E-state index contributed by atoms with van der Waals surface area (Å²) in [6.45, 7) is 4.64. The number of rotatable bonds is 8. The molecule has 0 aromatic rings. The van der Waals surface area contributed by atoms with Gasteiger partial charge in [-0.15, -0.1) is 0 Å². The lowest BCUT2D eigenvalue weighted by Gasteiger charge is -2.21. The van der Waals surface area contributed by atoms with Crippen LogP contribution in [0.4, 0.5) is 0 Å². The van der Waals surface area contributed by atoms with Crippen LogP contribution in [0.2, 0.25) is 0 Å². The van der Waals surface area contributed by atoms with Gasteiger partial charge in [0.15, 0.2) is 0 Å². The van der Waals surface area contributed by atoms with Crippen molar-refractivity contribution >= 4 is 0 Å². The van der Waals surface area contributed by atoms with Crippen LogP contribution in [-0.2, 0) is 4.74 Å². The van der Waals surface area contributed by atoms with Crippen molar-refractivity contribution in [2.45, 2.75) is 57.9 Å². The van der Waals surface area contributed by atoms with Gasteiger partial charge in [-0.2, -0.15) is 5.26 Å². The average molecular weight is 238 g/mol. The predicted molar refractivity (Wildman–Crippen MR) is 69.7 cm³/mol. The maximum Gasteiger partial charge on any atom is 0.0975 e. The Bertz CT molecular complexity index is 219. The minimum atomic E-state index is -0.0405. The third-order valence-electron chi connectivity index (χ3n) is 3.43. The molecule has 0 radical (unpaired) electrons. The summed E-state index contributed by atoms with van der Waals surface area (Å²) in [5.41, 5.74) is 0. The van der Waals surface area contributed by atoms with E-state index in [0.29, 0.717) is 6.61 Å². The van der Waals surface area contributed by atoms with E-state index in [-0.39, 0.29) is 6.04 Å². The van der Waals surface area contributed by atoms with Gasteiger partial charge < -0.3 is 10.1 Å². The van der Waals surface area contributed by atoms with Crippen LogP contribution in [0.3, 0.4) is 0 Å². The molecule has 1 rings (SSSR count). The second-order valence-electron chi connectivity index (χ2n) is 5.00. The molecule has 0 bridgehead atoms. The smallest absolute Gasteiger partial charge is 0.0975 e. The summed E-state index contributed by atoms with van der Waals surface area (Å²) in [5, 5.41) is 12.1. The van der Waals surface area contributed by atoms with Gasteiger partial charge in [-0.1, -0.05) is 26.2 Å². The van der Waals surface area contributed by atoms with Gasteiger partial charge in [-0.05, 0) is 38.1 Å². The summed E-state index contributed by atoms with van der Waals surface area (Å²) in [6.07, 6.45) is 8.67. The van der Waals surface area contributed by atoms with Gasteiger partial charge in [0, 0.05) is 13.2 Å². The molecule has 3 heteroatoms. The van der Waals surface area contributed by atoms with E-state index in [4.69, 9.17) is 10.00 Å². The van der Waals surface area contributed by atoms with E-state index in [1.54, 1.807) is 0 Å². The van der Waals surface area contributed by atoms with Crippen LogP contribution in [0.25, 0.3) is 0 Å². The maximum absolute atomic E-state index is 8.93. The van der Waals surface area contributed by atoms with Crippen LogP contribution in [0, 0.1) is 17.2 Å². The molecule has 0 amide bonds. The Balaban J connectivity index is 2.00. The minimum Gasteiger partial charge on any atom is -0.381 e. The van der Waals surface area contributed by atoms with Crippen LogP contribution in [-0.4, -0.2) is 25.8 Å². The predicted octanol–water partition coefficient (Wildman–Crippen LogP) is 2.87. The largest absolute Gasteiger partial charge is 0.381 e. The molecule has 0 aliphatic heterocycles. The number of nitrogens with zero attached hydrogens (tertiary/aromatic N) is 1. The Kier molecular flexibility index (Phi) is 8.04. The summed E-state index contributed by atoms with van der Waals surface area (Å²) < 4.78 is 5.69. The quantitative estimate of drug-likeness (QED) is 0.661. The van der Waals surface area contributed by atoms with Crippen molar-refractivity contribution in [2.75, 3.05) is 19.8 Å². The molecule has 1 fully saturated rings. The van der Waals surface area contributed by atoms with E-state index in [9.17, 15) is 0 Å². The average Bonchev–Trinajstić information content (AvgIpc) is 2.39. The monoisotopic (exact) mass is 238 g/mol. The van der Waals surface area contributed by atoms with E-state index in [2.05, 4.69) is 18.3 Å². The Morgan fingerprint density at radius 1 is 1.35 bits per heavy atom. The van der Waals surface area contributed by atoms with Crippen LogP contribution < -0.4 is 5.32 Å². The standard InChI is InChI=1S/C14H26N2O/c1-2-9-16-14(11-15)8-10-17-12-13-6-4-3-5-7-13/h13-14,16H,2-10,12H2,1H3. The van der Waals surface area contributed by atoms with Crippen LogP contribution >= 0.6 is 0 Å². The number of hydrogen-bond donors (Lipinski definition) is 1. The molecule has 1 unspecified atom stereocenters. The van der Waals surface area contributed by atoms with Crippen molar-refractivity contribution in [2.24, 2.45) is 5.92 Å². The van der Waals surface area contributed by atoms with Crippen LogP contribution in [0.15, 0.2) is 0 Å². The summed E-state index contributed by atoms with van der Waals surface area (Å²) in [7, 11) is 0. The lowest BCUT2D eigenvalue weighted by atomic mass is 9.90. The summed E-state index contributed by atoms with van der Waals surface area (Å²) in [6, 6.07) is 2.24. The van der Waals surface area contributed by atoms with Crippen molar-refractivity contribution in [3.63, 3.8) is 0 Å². The highest BCUT2D eigenvalue weighted by atomic mass is 16.5. The van der Waals surface area contributed by atoms with Crippen molar-refractivity contribution in [1.29, 1.82) is 5.26 Å². The Labute approximate surface area is 106 Å². The van der Waals surface area contributed by atoms with Gasteiger partial charge in [0.25, 0.3) is 0 Å². The normalized spacial score (nSPS) is 18.8. The molecule has 1 N–H and O–H groups in total. The first-order valence-electron chi connectivity index (χ1n) is 7.07. The highest BCUT2D eigenvalue weighted by Gasteiger charge is 2.13. The summed E-state index contributed by atoms with van der Waals surface area (Å²) in [4.78, 5) is 0. The van der Waals surface area contributed by atoms with E-state index in [0.717, 1.165) is 31.9 Å². The van der Waals surface area contributed by atoms with Crippen LogP contribution in [0.1, 0.15) is 51.9 Å². The van der Waals surface area contributed by atoms with Gasteiger partial charge in [-0.25, -0.2) is 0 Å². The van der Waals surface area contributed by atoms with E-state index >= 15 is 0 Å². The fraction of sp³-hybridized carbons (Fsp3) is 0.929. The van der Waals surface area contributed by atoms with Gasteiger partial charge in [0.1, 0.15) is 0 Å². The molecule has 98 valence electrons. The Morgan fingerprint density at radius 2 is 2.12 bits per heavy atom. The fourth-order valence-corrected chi connectivity index (χ4v) is 2.34. The molecule has 1 atom stereocenters. The van der Waals surface area contributed by atoms with Crippen molar-refractivity contribution < 1.29 is 4.74 Å². The maximum atomic E-state index is 8.93. The van der Waals surface area contributed by atoms with Gasteiger partial charge >= 0.3 is 0 Å². The third kappa shape index (κ3) is 6.65. The number of nitrogens with one attached hydrogen (secondary N) is 1. The fourth-order valence-electron chi connectivity index (χ4n) is 2.34. The van der Waals surface area contributed by atoms with Gasteiger partial charge in [-0.3, -0.25) is 0 Å². The van der Waals surface area contributed by atoms with Crippen molar-refractivity contribution in [1.82, 2.24) is 5.32 Å². The van der Waals surface area contributed by atoms with Crippen molar-refractivity contribution in [3.05, 3.63) is 0 Å². The zero-order valence-electron chi connectivity index (χ0n) is 11.1. The molecule has 3 nitrogen and oxygen atoms in total. The molecule has 1 saturated carbocycles. The Morgan fingerprint density at radius 3 is 2.76 bits per heavy atom. The van der Waals surface area contributed by atoms with E-state index in [1.165, 1.54) is 32.1 Å². The summed E-state index contributed by atoms with van der Waals surface area (Å²) >= 11 is 0. The number of ether oxygens (including phenoxy) is 1. The first-order chi connectivity index (χ1) is 8.36. The minimum absolute atomic E-state index is 0.0405. The lowest BCUT2D eigenvalue weighted by Crippen LogP contribution is -2.29. The number of nitriles is 1. The van der Waals surface area contributed by atoms with Gasteiger partial charge in [0.05, 0.1) is 12.1 Å². The molecular weight excluding hydrogens is 212 g/mol. The van der Waals surface area contributed by atoms with E-state index < -0.39 is 0 Å². The second kappa shape index (κ2) is 9.44. The zero-order chi connectivity index (χ0) is 12.3. The molecule has 1 aliphatic carbocycles. The molecule has 17 heavy (non-hydrogen) atoms. The molecule has 0 aromatic carbocycles. The highest BCUT2D eigenvalue weighted by Crippen LogP contribution is 2.23. The van der Waals surface area contributed by atoms with Crippen LogP contribution in [0.5, 0.6) is 0 Å². The second-order valence-corrected chi connectivity index (χ2v) is 5.00. The molecule has 0 spiro atoms. The zero-order valence-corrected chi connectivity index (χ0v) is 11.1. The highest BCUT2D eigenvalue weighted by molar-refractivity contribution is 4.89. The Hall–Kier alpha value is -0.590. The van der Waals surface area contributed by atoms with E-state index in [1.807, 2.05) is 0 Å². The number of hydrogen-bond acceptors (Lipinski definition) is 3. The SMILES string of the molecule is CCCNC(C#N)CCOCC1CCCCC1. The molecular formula is C14H26N2O. The molecule has 0 aromatic heterocycles. The lowest BCUT2D eigenvalue weighted by molar-refractivity contribution is 0.0811. The topological polar surface area (TPSA) is 45.0 Å². The molecule has 0 heterocycles. The van der Waals surface area contributed by atoms with Gasteiger partial charge in [0.2, 0.25) is 0 Å². The first kappa shape index (κ1) is 14.5. The summed E-state index contributed by atoms with van der Waals surface area (Å²) in [5.74, 6) is 0.771.